The largest absolute Gasteiger partial charge is 0.391 e. The maximum Gasteiger partial charge on any atom is 0.391 e. The van der Waals surface area contributed by atoms with Gasteiger partial charge in [-0.2, -0.15) is 13.2 Å². The SMILES string of the molecule is CC(NC1CCC(C(F)(F)F)CC1)c1nccn1C. The molecule has 108 valence electrons. The highest BCUT2D eigenvalue weighted by molar-refractivity contribution is 4.98. The average molecular weight is 275 g/mol. The number of imidazole rings is 1. The van der Waals surface area contributed by atoms with Gasteiger partial charge in [-0.15, -0.1) is 0 Å². The lowest BCUT2D eigenvalue weighted by atomic mass is 9.85. The van der Waals surface area contributed by atoms with E-state index in [1.54, 1.807) is 6.20 Å². The molecule has 0 bridgehead atoms. The number of hydrogen-bond acceptors (Lipinski definition) is 2. The van der Waals surface area contributed by atoms with Gasteiger partial charge in [-0.25, -0.2) is 4.98 Å². The third-order valence-electron chi connectivity index (χ3n) is 3.92. The van der Waals surface area contributed by atoms with Crippen molar-refractivity contribution in [1.29, 1.82) is 0 Å². The maximum atomic E-state index is 12.6. The molecule has 1 N–H and O–H groups in total. The number of nitrogens with one attached hydrogen (secondary N) is 1. The summed E-state index contributed by atoms with van der Waals surface area (Å²) >= 11 is 0. The molecule has 1 aromatic rings. The van der Waals surface area contributed by atoms with E-state index in [2.05, 4.69) is 10.3 Å². The number of aryl methyl sites for hydroxylation is 1. The first-order valence-electron chi connectivity index (χ1n) is 6.68. The van der Waals surface area contributed by atoms with Crippen molar-refractivity contribution < 1.29 is 13.2 Å². The fourth-order valence-corrected chi connectivity index (χ4v) is 2.81. The minimum absolute atomic E-state index is 0.0624. The monoisotopic (exact) mass is 275 g/mol. The molecule has 3 nitrogen and oxygen atoms in total. The Bertz CT molecular complexity index is 406. The summed E-state index contributed by atoms with van der Waals surface area (Å²) in [6.07, 6.45) is 1.19. The van der Waals surface area contributed by atoms with Crippen LogP contribution in [-0.2, 0) is 7.05 Å². The van der Waals surface area contributed by atoms with Crippen molar-refractivity contribution in [1.82, 2.24) is 14.9 Å². The maximum absolute atomic E-state index is 12.6. The summed E-state index contributed by atoms with van der Waals surface area (Å²) < 4.78 is 39.6. The van der Waals surface area contributed by atoms with Crippen molar-refractivity contribution in [3.63, 3.8) is 0 Å². The van der Waals surface area contributed by atoms with Gasteiger partial charge in [-0.05, 0) is 32.6 Å². The fraction of sp³-hybridized carbons (Fsp3) is 0.769. The van der Waals surface area contributed by atoms with Crippen molar-refractivity contribution in [2.45, 2.75) is 50.9 Å². The molecule has 0 aliphatic heterocycles. The normalized spacial score (nSPS) is 26.4. The molecule has 1 fully saturated rings. The van der Waals surface area contributed by atoms with Gasteiger partial charge in [-0.1, -0.05) is 0 Å². The molecule has 0 aromatic carbocycles. The van der Waals surface area contributed by atoms with Crippen molar-refractivity contribution in [3.05, 3.63) is 18.2 Å². The van der Waals surface area contributed by atoms with Crippen LogP contribution in [0.3, 0.4) is 0 Å². The second-order valence-corrected chi connectivity index (χ2v) is 5.37. The Hall–Kier alpha value is -1.04. The quantitative estimate of drug-likeness (QED) is 0.918. The van der Waals surface area contributed by atoms with E-state index >= 15 is 0 Å². The zero-order valence-electron chi connectivity index (χ0n) is 11.2. The molecule has 1 aliphatic rings. The predicted octanol–water partition coefficient (Wildman–Crippen LogP) is 3.19. The first-order chi connectivity index (χ1) is 8.88. The van der Waals surface area contributed by atoms with E-state index in [1.807, 2.05) is 24.7 Å². The van der Waals surface area contributed by atoms with E-state index in [1.165, 1.54) is 0 Å². The third kappa shape index (κ3) is 3.49. The molecular formula is C13H20F3N3. The number of halogens is 3. The Labute approximate surface area is 111 Å². The average Bonchev–Trinajstić information content (AvgIpc) is 2.75. The summed E-state index contributed by atoms with van der Waals surface area (Å²) in [5.74, 6) is -0.202. The molecule has 0 saturated heterocycles. The summed E-state index contributed by atoms with van der Waals surface area (Å²) in [4.78, 5) is 4.26. The molecule has 6 heteroatoms. The van der Waals surface area contributed by atoms with Crippen LogP contribution in [0, 0.1) is 5.92 Å². The van der Waals surface area contributed by atoms with E-state index in [0.717, 1.165) is 5.82 Å². The summed E-state index contributed by atoms with van der Waals surface area (Å²) in [6, 6.07) is 0.220. The van der Waals surface area contributed by atoms with Gasteiger partial charge in [0.25, 0.3) is 0 Å². The van der Waals surface area contributed by atoms with Gasteiger partial charge in [0.15, 0.2) is 0 Å². The molecule has 1 unspecified atom stereocenters. The second kappa shape index (κ2) is 5.53. The van der Waals surface area contributed by atoms with Crippen LogP contribution >= 0.6 is 0 Å². The molecule has 1 atom stereocenters. The Kier molecular flexibility index (Phi) is 4.18. The minimum Gasteiger partial charge on any atom is -0.337 e. The van der Waals surface area contributed by atoms with Gasteiger partial charge in [0.2, 0.25) is 0 Å². The van der Waals surface area contributed by atoms with E-state index in [-0.39, 0.29) is 24.9 Å². The van der Waals surface area contributed by atoms with Crippen LogP contribution in [0.25, 0.3) is 0 Å². The molecule has 0 amide bonds. The Morgan fingerprint density at radius 1 is 1.32 bits per heavy atom. The summed E-state index contributed by atoms with van der Waals surface area (Å²) in [6.45, 7) is 2.00. The van der Waals surface area contributed by atoms with Crippen LogP contribution < -0.4 is 5.32 Å². The molecule has 0 radical (unpaired) electrons. The topological polar surface area (TPSA) is 29.9 Å². The van der Waals surface area contributed by atoms with Gasteiger partial charge >= 0.3 is 6.18 Å². The van der Waals surface area contributed by atoms with E-state index in [0.29, 0.717) is 12.8 Å². The van der Waals surface area contributed by atoms with Crippen molar-refractivity contribution in [2.24, 2.45) is 13.0 Å². The van der Waals surface area contributed by atoms with E-state index in [9.17, 15) is 13.2 Å². The number of hydrogen-bond donors (Lipinski definition) is 1. The molecule has 1 heterocycles. The molecular weight excluding hydrogens is 255 g/mol. The Morgan fingerprint density at radius 2 is 1.95 bits per heavy atom. The highest BCUT2D eigenvalue weighted by atomic mass is 19.4. The lowest BCUT2D eigenvalue weighted by molar-refractivity contribution is -0.182. The highest BCUT2D eigenvalue weighted by Crippen LogP contribution is 2.37. The van der Waals surface area contributed by atoms with Gasteiger partial charge in [0, 0.05) is 25.5 Å². The third-order valence-corrected chi connectivity index (χ3v) is 3.92. The van der Waals surface area contributed by atoms with Gasteiger partial charge < -0.3 is 9.88 Å². The number of rotatable bonds is 3. The van der Waals surface area contributed by atoms with Crippen LogP contribution in [0.4, 0.5) is 13.2 Å². The summed E-state index contributed by atoms with van der Waals surface area (Å²) in [7, 11) is 1.92. The van der Waals surface area contributed by atoms with Crippen LogP contribution in [0.15, 0.2) is 12.4 Å². The lowest BCUT2D eigenvalue weighted by Gasteiger charge is -2.32. The number of nitrogens with zero attached hydrogens (tertiary/aromatic N) is 2. The molecule has 19 heavy (non-hydrogen) atoms. The van der Waals surface area contributed by atoms with Gasteiger partial charge in [0.05, 0.1) is 12.0 Å². The summed E-state index contributed by atoms with van der Waals surface area (Å²) in [5.41, 5.74) is 0. The van der Waals surface area contributed by atoms with Crippen LogP contribution in [0.5, 0.6) is 0 Å². The Balaban J connectivity index is 1.85. The highest BCUT2D eigenvalue weighted by Gasteiger charge is 2.41. The molecule has 0 spiro atoms. The van der Waals surface area contributed by atoms with Crippen LogP contribution in [0.2, 0.25) is 0 Å². The predicted molar refractivity (Wildman–Crippen MR) is 66.6 cm³/mol. The van der Waals surface area contributed by atoms with Gasteiger partial charge in [-0.3, -0.25) is 0 Å². The van der Waals surface area contributed by atoms with E-state index < -0.39 is 12.1 Å². The molecule has 1 aromatic heterocycles. The minimum atomic E-state index is -4.03. The second-order valence-electron chi connectivity index (χ2n) is 5.37. The zero-order valence-corrected chi connectivity index (χ0v) is 11.2. The molecule has 2 rings (SSSR count). The molecule has 1 saturated carbocycles. The number of alkyl halides is 3. The smallest absolute Gasteiger partial charge is 0.337 e. The fourth-order valence-electron chi connectivity index (χ4n) is 2.81. The summed E-state index contributed by atoms with van der Waals surface area (Å²) in [5, 5.41) is 3.38. The van der Waals surface area contributed by atoms with Gasteiger partial charge in [0.1, 0.15) is 5.82 Å². The lowest BCUT2D eigenvalue weighted by Crippen LogP contribution is -2.38. The van der Waals surface area contributed by atoms with Crippen molar-refractivity contribution >= 4 is 0 Å². The van der Waals surface area contributed by atoms with Crippen molar-refractivity contribution in [2.75, 3.05) is 0 Å². The molecule has 1 aliphatic carbocycles. The van der Waals surface area contributed by atoms with Crippen molar-refractivity contribution in [3.8, 4) is 0 Å². The van der Waals surface area contributed by atoms with Crippen LogP contribution in [0.1, 0.15) is 44.5 Å². The first-order valence-corrected chi connectivity index (χ1v) is 6.68. The Morgan fingerprint density at radius 3 is 2.42 bits per heavy atom. The van der Waals surface area contributed by atoms with E-state index in [4.69, 9.17) is 0 Å². The first kappa shape index (κ1) is 14.4. The van der Waals surface area contributed by atoms with Crippen LogP contribution in [-0.4, -0.2) is 21.8 Å². The zero-order chi connectivity index (χ0) is 14.0. The standard InChI is InChI=1S/C13H20F3N3/c1-9(12-17-7-8-19(12)2)18-11-5-3-10(4-6-11)13(14,15)16/h7-11,18H,3-6H2,1-2H3. The number of aromatic nitrogens is 2.